The van der Waals surface area contributed by atoms with Gasteiger partial charge < -0.3 is 9.53 Å². The molecule has 1 aliphatic heterocycles. The lowest BCUT2D eigenvalue weighted by Gasteiger charge is -2.32. The van der Waals surface area contributed by atoms with Crippen LogP contribution in [0.5, 0.6) is 0 Å². The predicted octanol–water partition coefficient (Wildman–Crippen LogP) is 0.809. The van der Waals surface area contributed by atoms with Crippen molar-refractivity contribution in [3.63, 3.8) is 0 Å². The maximum absolute atomic E-state index is 12.1. The van der Waals surface area contributed by atoms with Crippen LogP contribution in [0, 0.1) is 11.8 Å². The minimum absolute atomic E-state index is 0.506. The molecule has 1 saturated heterocycles. The second kappa shape index (κ2) is 3.82. The van der Waals surface area contributed by atoms with Crippen LogP contribution < -0.4 is 0 Å². The Kier molecular flexibility index (Phi) is 3.13. The average molecular weight is 228 g/mol. The first-order valence-electron chi connectivity index (χ1n) is 5.21. The molecule has 5 heteroatoms. The molecule has 0 bridgehead atoms. The number of nitrogens with zero attached hydrogens (tertiary/aromatic N) is 1. The summed E-state index contributed by atoms with van der Waals surface area (Å²) in [5.41, 5.74) is -1.81. The van der Waals surface area contributed by atoms with E-state index >= 15 is 0 Å². The monoisotopic (exact) mass is 228 g/mol. The number of methoxy groups -OCH3 is 1. The fraction of sp³-hybridized carbons (Fsp3) is 0.818. The Labute approximate surface area is 95.3 Å². The Morgan fingerprint density at radius 3 is 2.12 bits per heavy atom. The smallest absolute Gasteiger partial charge is 0.311 e. The number of hydroxylamine groups is 2. The van der Waals surface area contributed by atoms with E-state index in [9.17, 15) is 14.8 Å². The molecule has 0 amide bonds. The number of hydrogen-bond acceptors (Lipinski definition) is 4. The van der Waals surface area contributed by atoms with Crippen molar-refractivity contribution in [3.05, 3.63) is 0 Å². The molecule has 1 fully saturated rings. The molecule has 0 aromatic heterocycles. The number of ether oxygens (including phenoxy) is 1. The molecule has 2 unspecified atom stereocenters. The standard InChI is InChI=1S/C11H18NO4/c1-10(2)7(6-13)8(9(14)16-5)11(3,4)12(10)15/h6-8H,1-5H3. The van der Waals surface area contributed by atoms with Crippen molar-refractivity contribution in [2.45, 2.75) is 38.8 Å². The zero-order valence-electron chi connectivity index (χ0n) is 10.3. The number of aldehydes is 1. The summed E-state index contributed by atoms with van der Waals surface area (Å²) in [5, 5.41) is 12.9. The van der Waals surface area contributed by atoms with Crippen LogP contribution in [-0.4, -0.2) is 35.5 Å². The normalized spacial score (nSPS) is 32.4. The topological polar surface area (TPSA) is 66.5 Å². The van der Waals surface area contributed by atoms with Crippen LogP contribution in [0.25, 0.3) is 0 Å². The lowest BCUT2D eigenvalue weighted by molar-refractivity contribution is -0.250. The van der Waals surface area contributed by atoms with Gasteiger partial charge in [-0.1, -0.05) is 0 Å². The molecule has 1 radical (unpaired) electrons. The SMILES string of the molecule is COC(=O)C1C(C=O)C(C)(C)N([O])C1(C)C. The third-order valence-electron chi connectivity index (χ3n) is 3.58. The van der Waals surface area contributed by atoms with Gasteiger partial charge in [-0.2, -0.15) is 0 Å². The second-order valence-corrected chi connectivity index (χ2v) is 5.26. The largest absolute Gasteiger partial charge is 0.469 e. The van der Waals surface area contributed by atoms with E-state index in [4.69, 9.17) is 0 Å². The summed E-state index contributed by atoms with van der Waals surface area (Å²) in [6, 6.07) is 0. The third kappa shape index (κ3) is 1.55. The Hall–Kier alpha value is -0.940. The molecular formula is C11H18NO4. The first-order chi connectivity index (χ1) is 7.21. The van der Waals surface area contributed by atoms with E-state index < -0.39 is 28.9 Å². The molecule has 0 saturated carbocycles. The molecule has 2 atom stereocenters. The van der Waals surface area contributed by atoms with Gasteiger partial charge in [-0.15, -0.1) is 10.3 Å². The van der Waals surface area contributed by atoms with Gasteiger partial charge in [-0.3, -0.25) is 4.79 Å². The summed E-state index contributed by atoms with van der Waals surface area (Å²) in [7, 11) is 1.26. The molecule has 0 spiro atoms. The first-order valence-corrected chi connectivity index (χ1v) is 5.21. The van der Waals surface area contributed by atoms with Crippen LogP contribution in [0.3, 0.4) is 0 Å². The van der Waals surface area contributed by atoms with Crippen LogP contribution in [0.4, 0.5) is 0 Å². The van der Waals surface area contributed by atoms with E-state index in [0.29, 0.717) is 6.29 Å². The highest BCUT2D eigenvalue weighted by Gasteiger charge is 2.62. The van der Waals surface area contributed by atoms with Gasteiger partial charge in [0.1, 0.15) is 6.29 Å². The lowest BCUT2D eigenvalue weighted by Crippen LogP contribution is -2.47. The van der Waals surface area contributed by atoms with E-state index in [2.05, 4.69) is 4.74 Å². The maximum Gasteiger partial charge on any atom is 0.311 e. The fourth-order valence-corrected chi connectivity index (χ4v) is 2.66. The highest BCUT2D eigenvalue weighted by molar-refractivity contribution is 5.80. The van der Waals surface area contributed by atoms with Crippen molar-refractivity contribution in [3.8, 4) is 0 Å². The number of rotatable bonds is 2. The second-order valence-electron chi connectivity index (χ2n) is 5.26. The van der Waals surface area contributed by atoms with E-state index in [1.54, 1.807) is 27.7 Å². The predicted molar refractivity (Wildman–Crippen MR) is 55.7 cm³/mol. The molecule has 1 aliphatic rings. The number of esters is 1. The van der Waals surface area contributed by atoms with Crippen molar-refractivity contribution in [1.82, 2.24) is 5.06 Å². The summed E-state index contributed by atoms with van der Waals surface area (Å²) in [6.45, 7) is 6.66. The van der Waals surface area contributed by atoms with Gasteiger partial charge in [0.15, 0.2) is 0 Å². The van der Waals surface area contributed by atoms with Gasteiger partial charge >= 0.3 is 5.97 Å². The number of carbonyl (C=O) groups excluding carboxylic acids is 2. The van der Waals surface area contributed by atoms with Gasteiger partial charge in [0.2, 0.25) is 0 Å². The number of carbonyl (C=O) groups is 2. The average Bonchev–Trinajstić information content (AvgIpc) is 2.34. The molecule has 0 aromatic rings. The molecule has 1 heterocycles. The Balaban J connectivity index is 3.24. The van der Waals surface area contributed by atoms with E-state index in [0.717, 1.165) is 5.06 Å². The summed E-state index contributed by atoms with van der Waals surface area (Å²) < 4.78 is 4.68. The summed E-state index contributed by atoms with van der Waals surface area (Å²) in [5.74, 6) is -1.87. The molecule has 0 N–H and O–H groups in total. The summed E-state index contributed by atoms with van der Waals surface area (Å²) in [4.78, 5) is 22.8. The molecule has 0 aromatic carbocycles. The minimum Gasteiger partial charge on any atom is -0.469 e. The van der Waals surface area contributed by atoms with Crippen LogP contribution in [0.2, 0.25) is 0 Å². The van der Waals surface area contributed by atoms with Crippen LogP contribution in [0.15, 0.2) is 0 Å². The zero-order chi connectivity index (χ0) is 12.7. The first kappa shape index (κ1) is 13.1. The van der Waals surface area contributed by atoms with Crippen molar-refractivity contribution in [1.29, 1.82) is 0 Å². The number of hydrogen-bond donors (Lipinski definition) is 0. The Bertz CT molecular complexity index is 311. The minimum atomic E-state index is -0.928. The Morgan fingerprint density at radius 2 is 1.75 bits per heavy atom. The van der Waals surface area contributed by atoms with Crippen molar-refractivity contribution >= 4 is 12.3 Å². The van der Waals surface area contributed by atoms with Crippen LogP contribution >= 0.6 is 0 Å². The van der Waals surface area contributed by atoms with Gasteiger partial charge in [0, 0.05) is 0 Å². The maximum atomic E-state index is 12.1. The van der Waals surface area contributed by atoms with Crippen molar-refractivity contribution in [2.24, 2.45) is 11.8 Å². The molecule has 5 nitrogen and oxygen atoms in total. The zero-order valence-corrected chi connectivity index (χ0v) is 10.3. The van der Waals surface area contributed by atoms with Crippen molar-refractivity contribution in [2.75, 3.05) is 7.11 Å². The van der Waals surface area contributed by atoms with Crippen LogP contribution in [-0.2, 0) is 19.5 Å². The van der Waals surface area contributed by atoms with Gasteiger partial charge in [-0.25, -0.2) is 0 Å². The lowest BCUT2D eigenvalue weighted by atomic mass is 9.78. The molecule has 1 rings (SSSR count). The summed E-state index contributed by atoms with van der Waals surface area (Å²) in [6.07, 6.45) is 0.682. The van der Waals surface area contributed by atoms with Gasteiger partial charge in [0.05, 0.1) is 30.0 Å². The third-order valence-corrected chi connectivity index (χ3v) is 3.58. The van der Waals surface area contributed by atoms with E-state index in [1.807, 2.05) is 0 Å². The molecule has 16 heavy (non-hydrogen) atoms. The molecule has 0 aliphatic carbocycles. The van der Waals surface area contributed by atoms with E-state index in [1.165, 1.54) is 7.11 Å². The van der Waals surface area contributed by atoms with Crippen LogP contribution in [0.1, 0.15) is 27.7 Å². The molecular weight excluding hydrogens is 210 g/mol. The highest BCUT2D eigenvalue weighted by Crippen LogP contribution is 2.47. The molecule has 91 valence electrons. The van der Waals surface area contributed by atoms with E-state index in [-0.39, 0.29) is 0 Å². The summed E-state index contributed by atoms with van der Waals surface area (Å²) >= 11 is 0. The van der Waals surface area contributed by atoms with Gasteiger partial charge in [-0.05, 0) is 27.7 Å². The quantitative estimate of drug-likeness (QED) is 0.518. The van der Waals surface area contributed by atoms with Gasteiger partial charge in [0.25, 0.3) is 0 Å². The Morgan fingerprint density at radius 1 is 1.25 bits per heavy atom. The fourth-order valence-electron chi connectivity index (χ4n) is 2.66. The highest BCUT2D eigenvalue weighted by atomic mass is 16.5. The van der Waals surface area contributed by atoms with Crippen molar-refractivity contribution < 1.29 is 19.5 Å².